The highest BCUT2D eigenvalue weighted by molar-refractivity contribution is 5.98. The lowest BCUT2D eigenvalue weighted by Gasteiger charge is -2.25. The van der Waals surface area contributed by atoms with Crippen LogP contribution in [0.5, 0.6) is 0 Å². The number of rotatable bonds is 2. The Morgan fingerprint density at radius 3 is 2.67 bits per heavy atom. The van der Waals surface area contributed by atoms with Gasteiger partial charge in [0.2, 0.25) is 5.91 Å². The molecule has 0 radical (unpaired) electrons. The summed E-state index contributed by atoms with van der Waals surface area (Å²) in [5.41, 5.74) is 0.907. The molecular formula is C17H21N3O4. The molecule has 3 atom stereocenters. The molecule has 2 heterocycles. The van der Waals surface area contributed by atoms with Gasteiger partial charge in [-0.1, -0.05) is 37.3 Å². The van der Waals surface area contributed by atoms with Gasteiger partial charge < -0.3 is 15.0 Å². The van der Waals surface area contributed by atoms with Crippen molar-refractivity contribution in [1.29, 1.82) is 0 Å². The molecule has 24 heavy (non-hydrogen) atoms. The van der Waals surface area contributed by atoms with Gasteiger partial charge in [0.1, 0.15) is 6.61 Å². The SMILES string of the molecule is CNC(=O)N1C(=O)[C@@H](C)[C@@H]2[C@@H]1CCN2C(=O)OCc1ccccc1. The number of carbonyl (C=O) groups is 3. The molecular weight excluding hydrogens is 310 g/mol. The van der Waals surface area contributed by atoms with Gasteiger partial charge in [-0.3, -0.25) is 9.69 Å². The Morgan fingerprint density at radius 1 is 1.29 bits per heavy atom. The minimum Gasteiger partial charge on any atom is -0.445 e. The highest BCUT2D eigenvalue weighted by Gasteiger charge is 2.55. The predicted octanol–water partition coefficient (Wildman–Crippen LogP) is 1.58. The van der Waals surface area contributed by atoms with Crippen molar-refractivity contribution in [2.75, 3.05) is 13.6 Å². The summed E-state index contributed by atoms with van der Waals surface area (Å²) in [5.74, 6) is -0.663. The van der Waals surface area contributed by atoms with Gasteiger partial charge in [0.05, 0.1) is 18.0 Å². The van der Waals surface area contributed by atoms with Crippen LogP contribution < -0.4 is 5.32 Å². The smallest absolute Gasteiger partial charge is 0.410 e. The second-order valence-corrected chi connectivity index (χ2v) is 6.13. The first-order valence-corrected chi connectivity index (χ1v) is 8.06. The summed E-state index contributed by atoms with van der Waals surface area (Å²) in [4.78, 5) is 39.6. The zero-order chi connectivity index (χ0) is 17.3. The van der Waals surface area contributed by atoms with Crippen LogP contribution in [0.1, 0.15) is 18.9 Å². The van der Waals surface area contributed by atoms with E-state index in [1.165, 1.54) is 11.9 Å². The van der Waals surface area contributed by atoms with Crippen molar-refractivity contribution in [3.63, 3.8) is 0 Å². The summed E-state index contributed by atoms with van der Waals surface area (Å²) >= 11 is 0. The standard InChI is InChI=1S/C17H21N3O4/c1-11-14-13(20(15(11)21)16(22)18-2)8-9-19(14)17(23)24-10-12-6-4-3-5-7-12/h3-7,11,13-14H,8-10H2,1-2H3,(H,18,22)/t11-,13-,14+/m0/s1. The topological polar surface area (TPSA) is 79.0 Å². The molecule has 2 aliphatic rings. The highest BCUT2D eigenvalue weighted by atomic mass is 16.6. The van der Waals surface area contributed by atoms with Gasteiger partial charge in [-0.25, -0.2) is 9.59 Å². The number of fused-ring (bicyclic) bond motifs is 1. The molecule has 7 nitrogen and oxygen atoms in total. The number of nitrogens with one attached hydrogen (secondary N) is 1. The summed E-state index contributed by atoms with van der Waals surface area (Å²) in [5, 5.41) is 2.49. The molecule has 128 valence electrons. The van der Waals surface area contributed by atoms with Crippen LogP contribution in [0.15, 0.2) is 30.3 Å². The molecule has 2 saturated heterocycles. The second kappa shape index (κ2) is 6.51. The molecule has 0 aliphatic carbocycles. The van der Waals surface area contributed by atoms with Crippen molar-refractivity contribution in [3.05, 3.63) is 35.9 Å². The first-order chi connectivity index (χ1) is 11.5. The van der Waals surface area contributed by atoms with E-state index in [4.69, 9.17) is 4.74 Å². The number of amides is 4. The normalized spacial score (nSPS) is 25.6. The summed E-state index contributed by atoms with van der Waals surface area (Å²) in [6.07, 6.45) is 0.138. The Hall–Kier alpha value is -2.57. The van der Waals surface area contributed by atoms with Gasteiger partial charge in [-0.2, -0.15) is 0 Å². The largest absolute Gasteiger partial charge is 0.445 e. The summed E-state index contributed by atoms with van der Waals surface area (Å²) in [6, 6.07) is 8.41. The number of carbonyl (C=O) groups excluding carboxylic acids is 3. The van der Waals surface area contributed by atoms with Crippen LogP contribution in [0.2, 0.25) is 0 Å². The lowest BCUT2D eigenvalue weighted by atomic mass is 10.0. The molecule has 7 heteroatoms. The molecule has 0 aromatic heterocycles. The highest BCUT2D eigenvalue weighted by Crippen LogP contribution is 2.36. The fraction of sp³-hybridized carbons (Fsp3) is 0.471. The molecule has 1 N–H and O–H groups in total. The third kappa shape index (κ3) is 2.70. The third-order valence-corrected chi connectivity index (χ3v) is 4.76. The molecule has 2 fully saturated rings. The van der Waals surface area contributed by atoms with E-state index in [2.05, 4.69) is 5.32 Å². The average Bonchev–Trinajstić information content (AvgIpc) is 3.13. The van der Waals surface area contributed by atoms with Crippen LogP contribution in [0.3, 0.4) is 0 Å². The van der Waals surface area contributed by atoms with E-state index in [-0.39, 0.29) is 24.6 Å². The zero-order valence-electron chi connectivity index (χ0n) is 13.8. The predicted molar refractivity (Wildman–Crippen MR) is 86.0 cm³/mol. The Kier molecular flexibility index (Phi) is 4.42. The second-order valence-electron chi connectivity index (χ2n) is 6.13. The fourth-order valence-electron chi connectivity index (χ4n) is 3.60. The number of hydrogen-bond acceptors (Lipinski definition) is 4. The van der Waals surface area contributed by atoms with Crippen molar-refractivity contribution < 1.29 is 19.1 Å². The first-order valence-electron chi connectivity index (χ1n) is 8.06. The van der Waals surface area contributed by atoms with E-state index in [1.54, 1.807) is 11.8 Å². The average molecular weight is 331 g/mol. The van der Waals surface area contributed by atoms with Crippen molar-refractivity contribution in [1.82, 2.24) is 15.1 Å². The van der Waals surface area contributed by atoms with Crippen LogP contribution in [-0.4, -0.2) is 53.5 Å². The molecule has 0 unspecified atom stereocenters. The lowest BCUT2D eigenvalue weighted by molar-refractivity contribution is -0.129. The monoisotopic (exact) mass is 331 g/mol. The number of imide groups is 1. The lowest BCUT2D eigenvalue weighted by Crippen LogP contribution is -2.45. The molecule has 0 spiro atoms. The maximum Gasteiger partial charge on any atom is 0.410 e. The number of likely N-dealkylation sites (tertiary alicyclic amines) is 2. The summed E-state index contributed by atoms with van der Waals surface area (Å²) in [6.45, 7) is 2.43. The van der Waals surface area contributed by atoms with Crippen molar-refractivity contribution in [3.8, 4) is 0 Å². The minimum atomic E-state index is -0.440. The van der Waals surface area contributed by atoms with E-state index < -0.39 is 18.0 Å². The zero-order valence-corrected chi connectivity index (χ0v) is 13.8. The van der Waals surface area contributed by atoms with Crippen LogP contribution in [0, 0.1) is 5.92 Å². The Bertz CT molecular complexity index is 648. The third-order valence-electron chi connectivity index (χ3n) is 4.76. The van der Waals surface area contributed by atoms with Crippen molar-refractivity contribution >= 4 is 18.0 Å². The molecule has 0 bridgehead atoms. The van der Waals surface area contributed by atoms with Crippen LogP contribution in [-0.2, 0) is 16.1 Å². The quantitative estimate of drug-likeness (QED) is 0.892. The van der Waals surface area contributed by atoms with E-state index in [9.17, 15) is 14.4 Å². The fourth-order valence-corrected chi connectivity index (χ4v) is 3.60. The summed E-state index contributed by atoms with van der Waals surface area (Å²) < 4.78 is 5.38. The molecule has 0 saturated carbocycles. The maximum atomic E-state index is 12.4. The van der Waals surface area contributed by atoms with E-state index in [0.29, 0.717) is 13.0 Å². The molecule has 2 aliphatic heterocycles. The van der Waals surface area contributed by atoms with E-state index >= 15 is 0 Å². The Balaban J connectivity index is 1.69. The van der Waals surface area contributed by atoms with Crippen LogP contribution in [0.4, 0.5) is 9.59 Å². The summed E-state index contributed by atoms with van der Waals surface area (Å²) in [7, 11) is 1.49. The van der Waals surface area contributed by atoms with Crippen molar-refractivity contribution in [2.24, 2.45) is 5.92 Å². The van der Waals surface area contributed by atoms with Crippen LogP contribution in [0.25, 0.3) is 0 Å². The van der Waals surface area contributed by atoms with Gasteiger partial charge in [-0.15, -0.1) is 0 Å². The first kappa shape index (κ1) is 16.3. The van der Waals surface area contributed by atoms with Gasteiger partial charge >= 0.3 is 12.1 Å². The van der Waals surface area contributed by atoms with E-state index in [1.807, 2.05) is 30.3 Å². The Morgan fingerprint density at radius 2 is 2.00 bits per heavy atom. The molecule has 4 amide bonds. The van der Waals surface area contributed by atoms with Gasteiger partial charge in [0.15, 0.2) is 0 Å². The number of urea groups is 1. The number of hydrogen-bond donors (Lipinski definition) is 1. The van der Waals surface area contributed by atoms with Gasteiger partial charge in [0.25, 0.3) is 0 Å². The molecule has 3 rings (SSSR count). The van der Waals surface area contributed by atoms with Crippen molar-refractivity contribution in [2.45, 2.75) is 32.0 Å². The van der Waals surface area contributed by atoms with Crippen LogP contribution >= 0.6 is 0 Å². The van der Waals surface area contributed by atoms with Gasteiger partial charge in [0, 0.05) is 13.6 Å². The minimum absolute atomic E-state index is 0.190. The molecule has 1 aromatic rings. The van der Waals surface area contributed by atoms with Gasteiger partial charge in [-0.05, 0) is 12.0 Å². The Labute approximate surface area is 140 Å². The van der Waals surface area contributed by atoms with E-state index in [0.717, 1.165) is 5.56 Å². The number of benzene rings is 1. The number of ether oxygens (including phenoxy) is 1. The number of nitrogens with zero attached hydrogens (tertiary/aromatic N) is 2. The molecule has 1 aromatic carbocycles. The maximum absolute atomic E-state index is 12.4.